The first-order valence-corrected chi connectivity index (χ1v) is 10.4. The molecule has 144 valence electrons. The van der Waals surface area contributed by atoms with Gasteiger partial charge in [0.15, 0.2) is 0 Å². The van der Waals surface area contributed by atoms with Gasteiger partial charge in [-0.25, -0.2) is 4.79 Å². The zero-order valence-corrected chi connectivity index (χ0v) is 16.5. The minimum absolute atomic E-state index is 0.00829. The summed E-state index contributed by atoms with van der Waals surface area (Å²) in [4.78, 5) is 16.4. The number of unbranched alkanes of at least 4 members (excludes halogenated alkanes) is 1. The Hall–Kier alpha value is -1.51. The summed E-state index contributed by atoms with van der Waals surface area (Å²) < 4.78 is 5.69. The summed E-state index contributed by atoms with van der Waals surface area (Å²) in [7, 11) is 0. The fraction of sp³-hybridized carbons (Fsp3) is 0.722. The number of allylic oxidation sites excluding steroid dienone is 2. The Morgan fingerprint density at radius 1 is 1.42 bits per heavy atom. The van der Waals surface area contributed by atoms with E-state index in [-0.39, 0.29) is 18.3 Å². The molecule has 0 radical (unpaired) electrons. The third-order valence-electron chi connectivity index (χ3n) is 4.83. The highest BCUT2D eigenvalue weighted by Gasteiger charge is 2.39. The van der Waals surface area contributed by atoms with Gasteiger partial charge in [-0.3, -0.25) is 10.2 Å². The predicted molar refractivity (Wildman–Crippen MR) is 104 cm³/mol. The second-order valence-corrected chi connectivity index (χ2v) is 7.73. The van der Waals surface area contributed by atoms with E-state index in [1.54, 1.807) is 4.90 Å². The van der Waals surface area contributed by atoms with Crippen molar-refractivity contribution in [2.75, 3.05) is 31.1 Å². The van der Waals surface area contributed by atoms with Gasteiger partial charge in [0.25, 0.3) is 0 Å². The van der Waals surface area contributed by atoms with E-state index in [2.05, 4.69) is 27.7 Å². The molecule has 2 aliphatic rings. The predicted octanol–water partition coefficient (Wildman–Crippen LogP) is 2.79. The lowest BCUT2D eigenvalue weighted by Gasteiger charge is -2.22. The number of nitrogens with zero attached hydrogens (tertiary/aromatic N) is 4. The summed E-state index contributed by atoms with van der Waals surface area (Å²) in [6.07, 6.45) is 9.60. The minimum Gasteiger partial charge on any atom is -0.377 e. The summed E-state index contributed by atoms with van der Waals surface area (Å²) in [5.74, 6) is 0. The number of urea groups is 1. The highest BCUT2D eigenvalue weighted by molar-refractivity contribution is 7.15. The molecule has 3 rings (SSSR count). The molecule has 0 saturated carbocycles. The third-order valence-corrected chi connectivity index (χ3v) is 5.81. The zero-order chi connectivity index (χ0) is 18.4. The Bertz CT molecular complexity index is 614. The van der Waals surface area contributed by atoms with Crippen molar-refractivity contribution in [3.8, 4) is 0 Å². The number of amides is 2. The molecule has 8 heteroatoms. The quantitative estimate of drug-likeness (QED) is 0.528. The molecule has 2 saturated heterocycles. The topological polar surface area (TPSA) is 70.6 Å². The summed E-state index contributed by atoms with van der Waals surface area (Å²) >= 11 is 1.53. The van der Waals surface area contributed by atoms with Crippen molar-refractivity contribution < 1.29 is 9.53 Å². The molecule has 1 aromatic heterocycles. The van der Waals surface area contributed by atoms with Gasteiger partial charge in [0.1, 0.15) is 11.2 Å². The Balaban J connectivity index is 1.63. The maximum Gasteiger partial charge on any atom is 0.327 e. The van der Waals surface area contributed by atoms with E-state index in [1.807, 2.05) is 18.7 Å². The molecular formula is C18H29N5O2S. The van der Waals surface area contributed by atoms with Gasteiger partial charge < -0.3 is 9.64 Å². The minimum atomic E-state index is -0.0736. The molecule has 2 fully saturated rings. The van der Waals surface area contributed by atoms with Crippen LogP contribution in [0, 0.1) is 0 Å². The maximum atomic E-state index is 12.8. The molecule has 1 N–H and O–H groups in total. The van der Waals surface area contributed by atoms with Crippen LogP contribution in [0.5, 0.6) is 0 Å². The fourth-order valence-corrected chi connectivity index (χ4v) is 4.27. The normalized spacial score (nSPS) is 23.7. The van der Waals surface area contributed by atoms with Gasteiger partial charge >= 0.3 is 6.03 Å². The number of nitrogens with one attached hydrogen (secondary N) is 1. The van der Waals surface area contributed by atoms with Gasteiger partial charge in [-0.2, -0.15) is 0 Å². The van der Waals surface area contributed by atoms with Crippen LogP contribution in [0.1, 0.15) is 44.5 Å². The number of carbonyl (C=O) groups excluding carboxylic acids is 1. The van der Waals surface area contributed by atoms with Crippen molar-refractivity contribution in [3.63, 3.8) is 0 Å². The average Bonchev–Trinajstić information content (AvgIpc) is 3.37. The largest absolute Gasteiger partial charge is 0.377 e. The lowest BCUT2D eigenvalue weighted by molar-refractivity contribution is 0.107. The molecular weight excluding hydrogens is 350 g/mol. The van der Waals surface area contributed by atoms with Crippen molar-refractivity contribution >= 4 is 22.5 Å². The van der Waals surface area contributed by atoms with E-state index < -0.39 is 0 Å². The molecule has 0 aliphatic carbocycles. The van der Waals surface area contributed by atoms with Crippen LogP contribution in [0.4, 0.5) is 9.93 Å². The first kappa shape index (κ1) is 19.3. The highest BCUT2D eigenvalue weighted by atomic mass is 32.1. The van der Waals surface area contributed by atoms with Crippen LogP contribution < -0.4 is 10.2 Å². The van der Waals surface area contributed by atoms with Crippen molar-refractivity contribution in [1.82, 2.24) is 20.4 Å². The summed E-state index contributed by atoms with van der Waals surface area (Å²) in [5, 5.41) is 13.8. The Kier molecular flexibility index (Phi) is 6.99. The summed E-state index contributed by atoms with van der Waals surface area (Å²) in [6.45, 7) is 7.01. The Morgan fingerprint density at radius 2 is 2.31 bits per heavy atom. The number of hydrogen-bond donors (Lipinski definition) is 1. The first-order chi connectivity index (χ1) is 12.7. The number of aryl methyl sites for hydroxylation is 1. The van der Waals surface area contributed by atoms with Gasteiger partial charge in [-0.05, 0) is 39.5 Å². The lowest BCUT2D eigenvalue weighted by Crippen LogP contribution is -2.47. The van der Waals surface area contributed by atoms with E-state index in [4.69, 9.17) is 4.74 Å². The fourth-order valence-electron chi connectivity index (χ4n) is 3.34. The second kappa shape index (κ2) is 9.43. The van der Waals surface area contributed by atoms with Crippen LogP contribution in [0.2, 0.25) is 0 Å². The molecule has 2 atom stereocenters. The van der Waals surface area contributed by atoms with Crippen molar-refractivity contribution in [2.45, 2.75) is 58.2 Å². The van der Waals surface area contributed by atoms with E-state index in [0.29, 0.717) is 18.2 Å². The molecule has 2 aliphatic heterocycles. The van der Waals surface area contributed by atoms with Gasteiger partial charge in [0.05, 0.1) is 12.6 Å². The lowest BCUT2D eigenvalue weighted by atomic mass is 10.2. The van der Waals surface area contributed by atoms with Gasteiger partial charge in [-0.15, -0.1) is 10.2 Å². The first-order valence-electron chi connectivity index (χ1n) is 9.59. The monoisotopic (exact) mass is 379 g/mol. The van der Waals surface area contributed by atoms with E-state index in [1.165, 1.54) is 11.3 Å². The molecule has 2 amide bonds. The van der Waals surface area contributed by atoms with E-state index in [9.17, 15) is 4.79 Å². The van der Waals surface area contributed by atoms with Crippen LogP contribution >= 0.6 is 11.3 Å². The van der Waals surface area contributed by atoms with E-state index in [0.717, 1.165) is 50.3 Å². The average molecular weight is 380 g/mol. The van der Waals surface area contributed by atoms with Crippen LogP contribution in [0.3, 0.4) is 0 Å². The SMILES string of the molecule is CC=CCCCc1nnc(N2C(=O)N(CC)CC2NCC2CCCO2)s1. The molecule has 26 heavy (non-hydrogen) atoms. The smallest absolute Gasteiger partial charge is 0.327 e. The second-order valence-electron chi connectivity index (χ2n) is 6.69. The van der Waals surface area contributed by atoms with Gasteiger partial charge in [0.2, 0.25) is 5.13 Å². The Labute approximate surface area is 159 Å². The molecule has 2 unspecified atom stereocenters. The van der Waals surface area contributed by atoms with Crippen LogP contribution in [0.25, 0.3) is 0 Å². The molecule has 0 bridgehead atoms. The van der Waals surface area contributed by atoms with Crippen LogP contribution in [0.15, 0.2) is 12.2 Å². The molecule has 3 heterocycles. The van der Waals surface area contributed by atoms with Gasteiger partial charge in [-0.1, -0.05) is 23.5 Å². The summed E-state index contributed by atoms with van der Waals surface area (Å²) in [6, 6.07) is 0.00829. The number of carbonyl (C=O) groups is 1. The zero-order valence-electron chi connectivity index (χ0n) is 15.7. The van der Waals surface area contributed by atoms with E-state index >= 15 is 0 Å². The highest BCUT2D eigenvalue weighted by Crippen LogP contribution is 2.28. The number of ether oxygens (including phenoxy) is 1. The molecule has 1 aromatic rings. The standard InChI is InChI=1S/C18H29N5O2S/c1-3-5-6-7-10-16-20-21-17(26-16)23-15(13-22(4-2)18(23)24)19-12-14-9-8-11-25-14/h3,5,14-15,19H,4,6-13H2,1-2H3. The number of likely N-dealkylation sites (N-methyl/N-ethyl adjacent to an activating group) is 1. The molecule has 0 spiro atoms. The van der Waals surface area contributed by atoms with Crippen LogP contribution in [-0.4, -0.2) is 59.6 Å². The van der Waals surface area contributed by atoms with Crippen molar-refractivity contribution in [2.24, 2.45) is 0 Å². The molecule has 0 aromatic carbocycles. The van der Waals surface area contributed by atoms with Gasteiger partial charge in [0, 0.05) is 26.1 Å². The maximum absolute atomic E-state index is 12.8. The number of anilines is 1. The third kappa shape index (κ3) is 4.61. The number of rotatable bonds is 9. The molecule has 7 nitrogen and oxygen atoms in total. The van der Waals surface area contributed by atoms with Crippen molar-refractivity contribution in [1.29, 1.82) is 0 Å². The Morgan fingerprint density at radius 3 is 3.04 bits per heavy atom. The van der Waals surface area contributed by atoms with Crippen molar-refractivity contribution in [3.05, 3.63) is 17.2 Å². The number of aromatic nitrogens is 2. The number of hydrogen-bond acceptors (Lipinski definition) is 6. The summed E-state index contributed by atoms with van der Waals surface area (Å²) in [5.41, 5.74) is 0. The van der Waals surface area contributed by atoms with Crippen LogP contribution in [-0.2, 0) is 11.2 Å².